The van der Waals surface area contributed by atoms with Crippen molar-refractivity contribution in [2.45, 2.75) is 57.4 Å². The Morgan fingerprint density at radius 1 is 1.18 bits per heavy atom. The van der Waals surface area contributed by atoms with E-state index in [4.69, 9.17) is 9.47 Å². The fourth-order valence-corrected chi connectivity index (χ4v) is 5.04. The van der Waals surface area contributed by atoms with Crippen molar-refractivity contribution in [3.05, 3.63) is 23.8 Å². The molecular formula is C23H34N2O3. The molecule has 4 rings (SSSR count). The molecule has 2 fully saturated rings. The molecule has 154 valence electrons. The molecule has 2 heterocycles. The number of piperidine rings is 1. The van der Waals surface area contributed by atoms with Gasteiger partial charge in [-0.05, 0) is 56.8 Å². The second-order valence-corrected chi connectivity index (χ2v) is 8.70. The van der Waals surface area contributed by atoms with Crippen molar-refractivity contribution in [1.82, 2.24) is 10.2 Å². The Kier molecular flexibility index (Phi) is 6.40. The van der Waals surface area contributed by atoms with Gasteiger partial charge in [0.2, 0.25) is 5.91 Å². The summed E-state index contributed by atoms with van der Waals surface area (Å²) in [5.74, 6) is 2.50. The molecule has 0 unspecified atom stereocenters. The maximum atomic E-state index is 12.7. The quantitative estimate of drug-likeness (QED) is 0.843. The molecule has 5 nitrogen and oxygen atoms in total. The van der Waals surface area contributed by atoms with Crippen LogP contribution in [0.25, 0.3) is 0 Å². The number of ether oxygens (including phenoxy) is 2. The van der Waals surface area contributed by atoms with Gasteiger partial charge in [0.05, 0.1) is 13.7 Å². The van der Waals surface area contributed by atoms with E-state index in [-0.39, 0.29) is 11.8 Å². The highest BCUT2D eigenvalue weighted by Crippen LogP contribution is 2.31. The Morgan fingerprint density at radius 3 is 2.71 bits per heavy atom. The van der Waals surface area contributed by atoms with E-state index in [1.165, 1.54) is 37.7 Å². The Bertz CT molecular complexity index is 664. The molecule has 5 heteroatoms. The van der Waals surface area contributed by atoms with E-state index < -0.39 is 0 Å². The number of likely N-dealkylation sites (tertiary alicyclic amines) is 1. The van der Waals surface area contributed by atoms with Crippen LogP contribution in [0.15, 0.2) is 18.2 Å². The molecule has 0 radical (unpaired) electrons. The van der Waals surface area contributed by atoms with Crippen molar-refractivity contribution in [2.75, 3.05) is 33.4 Å². The number of fused-ring (bicyclic) bond motifs is 1. The van der Waals surface area contributed by atoms with Crippen LogP contribution in [0.5, 0.6) is 11.5 Å². The van der Waals surface area contributed by atoms with Gasteiger partial charge in [0, 0.05) is 30.5 Å². The van der Waals surface area contributed by atoms with Crippen molar-refractivity contribution in [3.63, 3.8) is 0 Å². The van der Waals surface area contributed by atoms with Crippen molar-refractivity contribution >= 4 is 5.91 Å². The van der Waals surface area contributed by atoms with Gasteiger partial charge in [-0.3, -0.25) is 4.79 Å². The predicted octanol–water partition coefficient (Wildman–Crippen LogP) is 3.41. The zero-order chi connectivity index (χ0) is 19.3. The molecule has 1 saturated carbocycles. The third-order valence-corrected chi connectivity index (χ3v) is 6.81. The van der Waals surface area contributed by atoms with E-state index >= 15 is 0 Å². The van der Waals surface area contributed by atoms with Gasteiger partial charge in [0.1, 0.15) is 11.5 Å². The zero-order valence-corrected chi connectivity index (χ0v) is 17.1. The molecular weight excluding hydrogens is 352 g/mol. The van der Waals surface area contributed by atoms with Crippen LogP contribution in [-0.2, 0) is 11.2 Å². The fraction of sp³-hybridized carbons (Fsp3) is 0.696. The molecule has 1 atom stereocenters. The number of hydrogen-bond acceptors (Lipinski definition) is 4. The summed E-state index contributed by atoms with van der Waals surface area (Å²) >= 11 is 0. The summed E-state index contributed by atoms with van der Waals surface area (Å²) in [5.41, 5.74) is 1.20. The van der Waals surface area contributed by atoms with Crippen molar-refractivity contribution in [2.24, 2.45) is 11.8 Å². The van der Waals surface area contributed by atoms with Crippen LogP contribution in [0.1, 0.15) is 50.5 Å². The minimum Gasteiger partial charge on any atom is -0.497 e. The second kappa shape index (κ2) is 9.17. The van der Waals surface area contributed by atoms with Crippen molar-refractivity contribution < 1.29 is 14.3 Å². The average Bonchev–Trinajstić information content (AvgIpc) is 2.77. The van der Waals surface area contributed by atoms with E-state index in [1.807, 2.05) is 12.1 Å². The third-order valence-electron chi connectivity index (χ3n) is 6.81. The van der Waals surface area contributed by atoms with Gasteiger partial charge in [-0.2, -0.15) is 0 Å². The lowest BCUT2D eigenvalue weighted by atomic mass is 9.89. The van der Waals surface area contributed by atoms with Gasteiger partial charge in [-0.15, -0.1) is 0 Å². The number of rotatable bonds is 5. The molecule has 0 spiro atoms. The first kappa shape index (κ1) is 19.6. The van der Waals surface area contributed by atoms with E-state index in [2.05, 4.69) is 16.3 Å². The van der Waals surface area contributed by atoms with Crippen LogP contribution in [0, 0.1) is 11.8 Å². The number of nitrogens with one attached hydrogen (secondary N) is 1. The molecule has 1 N–H and O–H groups in total. The van der Waals surface area contributed by atoms with E-state index in [9.17, 15) is 4.79 Å². The lowest BCUT2D eigenvalue weighted by Crippen LogP contribution is -2.46. The largest absolute Gasteiger partial charge is 0.497 e. The number of amides is 1. The first-order valence-electron chi connectivity index (χ1n) is 11.0. The summed E-state index contributed by atoms with van der Waals surface area (Å²) < 4.78 is 11.2. The van der Waals surface area contributed by atoms with E-state index in [0.29, 0.717) is 19.1 Å². The third kappa shape index (κ3) is 4.62. The van der Waals surface area contributed by atoms with Crippen LogP contribution < -0.4 is 14.8 Å². The van der Waals surface area contributed by atoms with Crippen LogP contribution in [-0.4, -0.2) is 50.2 Å². The molecule has 1 aromatic carbocycles. The molecule has 28 heavy (non-hydrogen) atoms. The Labute approximate surface area is 168 Å². The highest BCUT2D eigenvalue weighted by atomic mass is 16.5. The molecule has 2 aliphatic heterocycles. The zero-order valence-electron chi connectivity index (χ0n) is 17.1. The smallest absolute Gasteiger partial charge is 0.223 e. The summed E-state index contributed by atoms with van der Waals surface area (Å²) in [6.45, 7) is 3.53. The van der Waals surface area contributed by atoms with E-state index in [1.54, 1.807) is 7.11 Å². The van der Waals surface area contributed by atoms with Crippen LogP contribution >= 0.6 is 0 Å². The lowest BCUT2D eigenvalue weighted by molar-refractivity contribution is -0.127. The summed E-state index contributed by atoms with van der Waals surface area (Å²) in [7, 11) is 1.67. The number of nitrogens with zero attached hydrogens (tertiary/aromatic N) is 1. The Balaban J connectivity index is 1.21. The van der Waals surface area contributed by atoms with Gasteiger partial charge in [-0.25, -0.2) is 0 Å². The predicted molar refractivity (Wildman–Crippen MR) is 110 cm³/mol. The second-order valence-electron chi connectivity index (χ2n) is 8.70. The molecule has 0 bridgehead atoms. The minimum absolute atomic E-state index is 0.181. The van der Waals surface area contributed by atoms with Gasteiger partial charge in [0.15, 0.2) is 0 Å². The minimum atomic E-state index is 0.181. The number of carbonyl (C=O) groups is 1. The fourth-order valence-electron chi connectivity index (χ4n) is 5.04. The van der Waals surface area contributed by atoms with Gasteiger partial charge >= 0.3 is 0 Å². The van der Waals surface area contributed by atoms with Crippen LogP contribution in [0.3, 0.4) is 0 Å². The molecule has 1 aliphatic carbocycles. The maximum absolute atomic E-state index is 12.7. The highest BCUT2D eigenvalue weighted by Gasteiger charge is 2.30. The standard InChI is InChI=1S/C23H34N2O3/c1-27-21-8-7-19-13-17(16-28-22(19)14-21)15-24-23(26)18-9-11-25(12-10-18)20-5-3-2-4-6-20/h7-8,14,17-18,20H,2-6,9-13,15-16H2,1H3,(H,24,26)/t17-/m1/s1. The van der Waals surface area contributed by atoms with Gasteiger partial charge < -0.3 is 19.7 Å². The first-order chi connectivity index (χ1) is 13.7. The number of benzene rings is 1. The molecule has 1 amide bonds. The van der Waals surface area contributed by atoms with Crippen LogP contribution in [0.2, 0.25) is 0 Å². The number of carbonyl (C=O) groups excluding carboxylic acids is 1. The summed E-state index contributed by atoms with van der Waals surface area (Å²) in [5, 5.41) is 3.21. The first-order valence-corrected chi connectivity index (χ1v) is 11.0. The molecule has 3 aliphatic rings. The number of hydrogen-bond donors (Lipinski definition) is 1. The van der Waals surface area contributed by atoms with Gasteiger partial charge in [0.25, 0.3) is 0 Å². The van der Waals surface area contributed by atoms with Gasteiger partial charge in [-0.1, -0.05) is 25.3 Å². The monoisotopic (exact) mass is 386 g/mol. The van der Waals surface area contributed by atoms with Crippen molar-refractivity contribution in [3.8, 4) is 11.5 Å². The molecule has 1 saturated heterocycles. The van der Waals surface area contributed by atoms with E-state index in [0.717, 1.165) is 49.9 Å². The Morgan fingerprint density at radius 2 is 1.96 bits per heavy atom. The Hall–Kier alpha value is -1.75. The summed E-state index contributed by atoms with van der Waals surface area (Å²) in [6, 6.07) is 6.77. The van der Waals surface area contributed by atoms with Crippen LogP contribution in [0.4, 0.5) is 0 Å². The number of methoxy groups -OCH3 is 1. The molecule has 1 aromatic rings. The normalized spacial score (nSPS) is 24.2. The summed E-state index contributed by atoms with van der Waals surface area (Å²) in [6.07, 6.45) is 9.82. The van der Waals surface area contributed by atoms with Crippen molar-refractivity contribution in [1.29, 1.82) is 0 Å². The highest BCUT2D eigenvalue weighted by molar-refractivity contribution is 5.78. The summed E-state index contributed by atoms with van der Waals surface area (Å²) in [4.78, 5) is 15.3. The topological polar surface area (TPSA) is 50.8 Å². The SMILES string of the molecule is COc1ccc2c(c1)OC[C@@H](CNC(=O)C1CCN(C3CCCCC3)CC1)C2. The average molecular weight is 387 g/mol. The lowest BCUT2D eigenvalue weighted by Gasteiger charge is -2.39. The maximum Gasteiger partial charge on any atom is 0.223 e. The molecule has 0 aromatic heterocycles.